The monoisotopic (exact) mass is 344 g/mol. The van der Waals surface area contributed by atoms with Gasteiger partial charge in [0.05, 0.1) is 6.54 Å². The molecule has 0 saturated heterocycles. The van der Waals surface area contributed by atoms with Crippen molar-refractivity contribution in [2.24, 2.45) is 0 Å². The van der Waals surface area contributed by atoms with Crippen LogP contribution in [0.2, 0.25) is 5.02 Å². The van der Waals surface area contributed by atoms with Gasteiger partial charge in [-0.3, -0.25) is 4.79 Å². The number of carbonyl (C=O) groups is 1. The van der Waals surface area contributed by atoms with Crippen molar-refractivity contribution >= 4 is 34.9 Å². The van der Waals surface area contributed by atoms with Crippen molar-refractivity contribution in [3.8, 4) is 11.3 Å². The highest BCUT2D eigenvalue weighted by Crippen LogP contribution is 2.22. The van der Waals surface area contributed by atoms with Crippen molar-refractivity contribution in [2.75, 3.05) is 0 Å². The van der Waals surface area contributed by atoms with Crippen LogP contribution in [0.15, 0.2) is 58.4 Å². The van der Waals surface area contributed by atoms with Crippen LogP contribution < -0.4 is 5.32 Å². The van der Waals surface area contributed by atoms with Gasteiger partial charge in [0.2, 0.25) is 5.91 Å². The highest BCUT2D eigenvalue weighted by atomic mass is 35.5. The van der Waals surface area contributed by atoms with Gasteiger partial charge in [0, 0.05) is 27.6 Å². The van der Waals surface area contributed by atoms with Crippen LogP contribution >= 0.6 is 22.9 Å². The average Bonchev–Trinajstić information content (AvgIpc) is 3.23. The van der Waals surface area contributed by atoms with E-state index in [0.717, 1.165) is 10.4 Å². The third kappa shape index (κ3) is 4.31. The largest absolute Gasteiger partial charge is 0.356 e. The number of nitrogens with one attached hydrogen (secondary N) is 1. The lowest BCUT2D eigenvalue weighted by molar-refractivity contribution is -0.116. The average molecular weight is 345 g/mol. The smallest absolute Gasteiger partial charge is 0.244 e. The topological polar surface area (TPSA) is 55.1 Å². The molecule has 4 nitrogen and oxygen atoms in total. The maximum atomic E-state index is 11.8. The van der Waals surface area contributed by atoms with E-state index < -0.39 is 0 Å². The van der Waals surface area contributed by atoms with Crippen LogP contribution in [0.25, 0.3) is 17.4 Å². The Morgan fingerprint density at radius 3 is 2.87 bits per heavy atom. The number of hydrogen-bond donors (Lipinski definition) is 1. The molecule has 23 heavy (non-hydrogen) atoms. The van der Waals surface area contributed by atoms with Crippen molar-refractivity contribution in [1.82, 2.24) is 10.5 Å². The first-order valence-electron chi connectivity index (χ1n) is 6.92. The molecule has 0 saturated carbocycles. The Hall–Kier alpha value is -2.37. The number of amides is 1. The molecule has 1 N–H and O–H groups in total. The van der Waals surface area contributed by atoms with Gasteiger partial charge in [-0.15, -0.1) is 11.3 Å². The summed E-state index contributed by atoms with van der Waals surface area (Å²) < 4.78 is 5.28. The molecule has 6 heteroatoms. The van der Waals surface area contributed by atoms with Gasteiger partial charge in [-0.25, -0.2) is 0 Å². The maximum Gasteiger partial charge on any atom is 0.244 e. The number of benzene rings is 1. The molecule has 2 aromatic heterocycles. The van der Waals surface area contributed by atoms with Crippen molar-refractivity contribution in [3.05, 3.63) is 69.5 Å². The number of aromatic nitrogens is 1. The van der Waals surface area contributed by atoms with Gasteiger partial charge in [0.1, 0.15) is 5.69 Å². The van der Waals surface area contributed by atoms with Gasteiger partial charge in [0.15, 0.2) is 5.76 Å². The minimum Gasteiger partial charge on any atom is -0.356 e. The van der Waals surface area contributed by atoms with E-state index in [1.165, 1.54) is 6.08 Å². The van der Waals surface area contributed by atoms with E-state index in [1.54, 1.807) is 35.6 Å². The molecule has 3 rings (SSSR count). The zero-order chi connectivity index (χ0) is 16.1. The van der Waals surface area contributed by atoms with E-state index in [0.29, 0.717) is 23.0 Å². The lowest BCUT2D eigenvalue weighted by Crippen LogP contribution is -2.20. The molecular weight excluding hydrogens is 332 g/mol. The first-order chi connectivity index (χ1) is 11.2. The summed E-state index contributed by atoms with van der Waals surface area (Å²) in [7, 11) is 0. The van der Waals surface area contributed by atoms with Crippen molar-refractivity contribution in [1.29, 1.82) is 0 Å². The Morgan fingerprint density at radius 2 is 2.13 bits per heavy atom. The molecular formula is C17H13ClN2O2S. The molecule has 2 heterocycles. The summed E-state index contributed by atoms with van der Waals surface area (Å²) in [6.45, 7) is 0.310. The number of thiophene rings is 1. The maximum absolute atomic E-state index is 11.8. The quantitative estimate of drug-likeness (QED) is 0.698. The third-order valence-electron chi connectivity index (χ3n) is 3.07. The molecule has 0 unspecified atom stereocenters. The van der Waals surface area contributed by atoms with Crippen LogP contribution in [0.4, 0.5) is 0 Å². The summed E-state index contributed by atoms with van der Waals surface area (Å²) in [6.07, 6.45) is 3.29. The highest BCUT2D eigenvalue weighted by molar-refractivity contribution is 7.10. The molecule has 1 amide bonds. The number of rotatable bonds is 5. The summed E-state index contributed by atoms with van der Waals surface area (Å²) in [5.41, 5.74) is 1.55. The Labute approximate surface area is 142 Å². The van der Waals surface area contributed by atoms with Crippen LogP contribution in [0.3, 0.4) is 0 Å². The van der Waals surface area contributed by atoms with Crippen molar-refractivity contribution < 1.29 is 9.32 Å². The van der Waals surface area contributed by atoms with E-state index in [2.05, 4.69) is 10.5 Å². The molecule has 3 aromatic rings. The molecule has 0 fully saturated rings. The van der Waals surface area contributed by atoms with Gasteiger partial charge in [-0.05, 0) is 41.8 Å². The van der Waals surface area contributed by atoms with E-state index in [1.807, 2.05) is 29.6 Å². The summed E-state index contributed by atoms with van der Waals surface area (Å²) in [6, 6.07) is 13.0. The molecule has 116 valence electrons. The Kier molecular flexibility index (Phi) is 4.90. The van der Waals surface area contributed by atoms with Gasteiger partial charge in [0.25, 0.3) is 0 Å². The minimum atomic E-state index is -0.172. The summed E-state index contributed by atoms with van der Waals surface area (Å²) in [5.74, 6) is 0.467. The Morgan fingerprint density at radius 1 is 1.30 bits per heavy atom. The van der Waals surface area contributed by atoms with Crippen molar-refractivity contribution in [3.63, 3.8) is 0 Å². The second kappa shape index (κ2) is 7.26. The van der Waals surface area contributed by atoms with Gasteiger partial charge < -0.3 is 9.84 Å². The first kappa shape index (κ1) is 15.5. The minimum absolute atomic E-state index is 0.172. The van der Waals surface area contributed by atoms with E-state index >= 15 is 0 Å². The molecule has 0 aliphatic rings. The molecule has 1 aromatic carbocycles. The Bertz CT molecular complexity index is 808. The lowest BCUT2D eigenvalue weighted by Gasteiger charge is -1.97. The molecule has 0 atom stereocenters. The number of nitrogens with zero attached hydrogens (tertiary/aromatic N) is 1. The fraction of sp³-hybridized carbons (Fsp3) is 0.0588. The highest BCUT2D eigenvalue weighted by Gasteiger charge is 2.07. The molecule has 0 aliphatic carbocycles. The van der Waals surface area contributed by atoms with E-state index in [-0.39, 0.29) is 5.91 Å². The second-order valence-corrected chi connectivity index (χ2v) is 6.17. The number of hydrogen-bond acceptors (Lipinski definition) is 4. The number of halogens is 1. The molecule has 0 bridgehead atoms. The van der Waals surface area contributed by atoms with Crippen LogP contribution in [0, 0.1) is 0 Å². The second-order valence-electron chi connectivity index (χ2n) is 4.76. The third-order valence-corrected chi connectivity index (χ3v) is 4.16. The standard InChI is InChI=1S/C17H13ClN2O2S/c18-13-5-3-12(4-6-13)16-10-14(20-22-16)11-19-17(21)8-7-15-2-1-9-23-15/h1-10H,11H2,(H,19,21)/b8-7+. The lowest BCUT2D eigenvalue weighted by atomic mass is 10.1. The SMILES string of the molecule is O=C(/C=C/c1cccs1)NCc1cc(-c2ccc(Cl)cc2)on1. The van der Waals surface area contributed by atoms with Crippen LogP contribution in [-0.2, 0) is 11.3 Å². The molecule has 0 radical (unpaired) electrons. The van der Waals surface area contributed by atoms with E-state index in [9.17, 15) is 4.79 Å². The first-order valence-corrected chi connectivity index (χ1v) is 8.17. The predicted molar refractivity (Wildman–Crippen MR) is 92.1 cm³/mol. The normalized spacial score (nSPS) is 11.0. The molecule has 0 spiro atoms. The summed E-state index contributed by atoms with van der Waals surface area (Å²) in [4.78, 5) is 12.8. The zero-order valence-electron chi connectivity index (χ0n) is 12.0. The van der Waals surface area contributed by atoms with Gasteiger partial charge in [-0.2, -0.15) is 0 Å². The van der Waals surface area contributed by atoms with Gasteiger partial charge in [-0.1, -0.05) is 22.8 Å². The Balaban J connectivity index is 1.57. The van der Waals surface area contributed by atoms with Crippen LogP contribution in [-0.4, -0.2) is 11.1 Å². The molecule has 0 aliphatic heterocycles. The predicted octanol–water partition coefficient (Wildman–Crippen LogP) is 4.39. The zero-order valence-corrected chi connectivity index (χ0v) is 13.6. The fourth-order valence-corrected chi connectivity index (χ4v) is 2.67. The van der Waals surface area contributed by atoms with Crippen LogP contribution in [0.5, 0.6) is 0 Å². The summed E-state index contributed by atoms with van der Waals surface area (Å²) >= 11 is 7.43. The van der Waals surface area contributed by atoms with Crippen LogP contribution in [0.1, 0.15) is 10.6 Å². The van der Waals surface area contributed by atoms with Gasteiger partial charge >= 0.3 is 0 Å². The summed E-state index contributed by atoms with van der Waals surface area (Å²) in [5, 5.41) is 9.35. The number of carbonyl (C=O) groups excluding carboxylic acids is 1. The fourth-order valence-electron chi connectivity index (χ4n) is 1.93. The van der Waals surface area contributed by atoms with E-state index in [4.69, 9.17) is 16.1 Å². The van der Waals surface area contributed by atoms with Crippen molar-refractivity contribution in [2.45, 2.75) is 6.54 Å².